The summed E-state index contributed by atoms with van der Waals surface area (Å²) in [6, 6.07) is 3.40. The lowest BCUT2D eigenvalue weighted by molar-refractivity contribution is -0.162. The first-order valence-corrected chi connectivity index (χ1v) is 13.4. The van der Waals surface area contributed by atoms with Crippen molar-refractivity contribution < 1.29 is 33.6 Å². The van der Waals surface area contributed by atoms with Gasteiger partial charge in [0, 0.05) is 49.9 Å². The number of cyclic esters (lactones) is 1. The Labute approximate surface area is 223 Å². The van der Waals surface area contributed by atoms with Gasteiger partial charge in [-0.2, -0.15) is 0 Å². The maximum absolute atomic E-state index is 13.2. The molecule has 1 aromatic heterocycles. The number of hydrogen-bond acceptors (Lipinski definition) is 8. The molecule has 2 fully saturated rings. The molecule has 1 saturated heterocycles. The number of carbonyl (C=O) groups is 2. The number of aliphatic hydroxyl groups excluding tert-OH is 1. The lowest BCUT2D eigenvalue weighted by Crippen LogP contribution is -2.57. The summed E-state index contributed by atoms with van der Waals surface area (Å²) >= 11 is 0. The molecule has 1 spiro atoms. The molecule has 0 radical (unpaired) electrons. The van der Waals surface area contributed by atoms with E-state index in [0.717, 1.165) is 5.57 Å². The molecule has 0 amide bonds. The van der Waals surface area contributed by atoms with Gasteiger partial charge in [-0.15, -0.1) is 0 Å². The van der Waals surface area contributed by atoms with E-state index in [9.17, 15) is 14.7 Å². The van der Waals surface area contributed by atoms with Gasteiger partial charge in [-0.1, -0.05) is 32.1 Å². The second-order valence-corrected chi connectivity index (χ2v) is 11.2. The minimum atomic E-state index is -0.893. The minimum Gasteiger partial charge on any atom is -0.455 e. The number of aromatic amines is 1. The first-order valence-electron chi connectivity index (χ1n) is 13.4. The molecule has 9 nitrogen and oxygen atoms in total. The molecule has 5 rings (SSSR count). The Morgan fingerprint density at radius 1 is 1.29 bits per heavy atom. The summed E-state index contributed by atoms with van der Waals surface area (Å²) in [6.07, 6.45) is 4.97. The number of esters is 2. The van der Waals surface area contributed by atoms with Gasteiger partial charge < -0.3 is 29.0 Å². The standard InChI is InChI=1S/C29H38N2O7/c1-14-12-15(2)29-18(13-21(35-6)28(34)36-24(14)17(4)30-5)9-10-19-22(29)23(32)16(3)25(26(19)38-29)37-27(33)20-8-7-11-31-20/h7-12,14,16,18-19,21-26,31-32H,13H2,1-6H3/b15-12+,30-17?/t14-,16-,18?,19-,21+,22+,23-,24+,25-,26-,29+/m1/s1. The fourth-order valence-corrected chi connectivity index (χ4v) is 7.18. The number of H-pyrrole nitrogens is 1. The van der Waals surface area contributed by atoms with Crippen molar-refractivity contribution in [2.24, 2.45) is 34.6 Å². The van der Waals surface area contributed by atoms with Crippen LogP contribution in [-0.4, -0.2) is 78.0 Å². The highest BCUT2D eigenvalue weighted by atomic mass is 16.6. The normalized spacial score (nSPS) is 44.0. The summed E-state index contributed by atoms with van der Waals surface area (Å²) in [6.45, 7) is 7.77. The lowest BCUT2D eigenvalue weighted by atomic mass is 9.57. The molecule has 3 heterocycles. The quantitative estimate of drug-likeness (QED) is 0.351. The SMILES string of the molecule is CN=C(C)[C@H]1OC(=O)[C@@H](OC)CC2C=C[C@H]3[C@H]4O[C@]2(/C(C)=C/[C@H]1C)[C@@H]3[C@H](O)[C@@H](C)[C@H]4OC(=O)c1ccc[nH]1. The monoisotopic (exact) mass is 526 g/mol. The zero-order valence-electron chi connectivity index (χ0n) is 22.8. The molecule has 206 valence electrons. The number of methoxy groups -OCH3 is 1. The van der Waals surface area contributed by atoms with Gasteiger partial charge in [0.1, 0.15) is 29.6 Å². The van der Waals surface area contributed by atoms with Crippen molar-refractivity contribution in [1.82, 2.24) is 4.98 Å². The summed E-state index contributed by atoms with van der Waals surface area (Å²) in [5, 5.41) is 11.8. The van der Waals surface area contributed by atoms with Gasteiger partial charge in [0.05, 0.1) is 11.8 Å². The number of nitrogens with one attached hydrogen (secondary N) is 1. The molecule has 1 saturated carbocycles. The molecular weight excluding hydrogens is 488 g/mol. The van der Waals surface area contributed by atoms with Crippen LogP contribution in [-0.2, 0) is 23.7 Å². The van der Waals surface area contributed by atoms with Crippen LogP contribution in [0.2, 0.25) is 0 Å². The molecule has 2 aliphatic heterocycles. The number of ether oxygens (including phenoxy) is 4. The van der Waals surface area contributed by atoms with Crippen LogP contribution in [0.3, 0.4) is 0 Å². The van der Waals surface area contributed by atoms with E-state index in [-0.39, 0.29) is 29.6 Å². The van der Waals surface area contributed by atoms with Crippen molar-refractivity contribution in [3.63, 3.8) is 0 Å². The summed E-state index contributed by atoms with van der Waals surface area (Å²) < 4.78 is 24.5. The largest absolute Gasteiger partial charge is 0.455 e. The van der Waals surface area contributed by atoms with Crippen LogP contribution in [0.15, 0.2) is 47.1 Å². The smallest absolute Gasteiger partial charge is 0.355 e. The third-order valence-corrected chi connectivity index (χ3v) is 9.18. The first-order chi connectivity index (χ1) is 18.1. The number of hydrogen-bond donors (Lipinski definition) is 2. The van der Waals surface area contributed by atoms with Gasteiger partial charge in [-0.05, 0) is 38.0 Å². The highest BCUT2D eigenvalue weighted by molar-refractivity contribution is 5.89. The number of carbonyl (C=O) groups excluding carboxylic acids is 2. The van der Waals surface area contributed by atoms with E-state index in [0.29, 0.717) is 17.8 Å². The molecule has 38 heavy (non-hydrogen) atoms. The molecule has 2 aliphatic carbocycles. The molecule has 1 aromatic rings. The van der Waals surface area contributed by atoms with E-state index in [1.165, 1.54) is 7.11 Å². The Morgan fingerprint density at radius 3 is 2.71 bits per heavy atom. The molecule has 4 bridgehead atoms. The van der Waals surface area contributed by atoms with Gasteiger partial charge in [-0.3, -0.25) is 4.99 Å². The van der Waals surface area contributed by atoms with E-state index in [1.807, 2.05) is 27.7 Å². The zero-order chi connectivity index (χ0) is 27.4. The third kappa shape index (κ3) is 4.06. The van der Waals surface area contributed by atoms with Crippen LogP contribution in [0, 0.1) is 29.6 Å². The molecule has 11 atom stereocenters. The molecule has 0 aromatic carbocycles. The van der Waals surface area contributed by atoms with Crippen LogP contribution in [0.4, 0.5) is 0 Å². The highest BCUT2D eigenvalue weighted by Crippen LogP contribution is 2.61. The molecule has 2 N–H and O–H groups in total. The lowest BCUT2D eigenvalue weighted by Gasteiger charge is -2.48. The van der Waals surface area contributed by atoms with E-state index in [1.54, 1.807) is 25.4 Å². The van der Waals surface area contributed by atoms with Gasteiger partial charge in [0.15, 0.2) is 6.10 Å². The Kier molecular flexibility index (Phi) is 7.13. The van der Waals surface area contributed by atoms with Crippen molar-refractivity contribution in [1.29, 1.82) is 0 Å². The van der Waals surface area contributed by atoms with Crippen LogP contribution in [0.1, 0.15) is 44.6 Å². The topological polar surface area (TPSA) is 119 Å². The number of aliphatic hydroxyl groups is 1. The van der Waals surface area contributed by atoms with Gasteiger partial charge in [0.25, 0.3) is 0 Å². The fraction of sp³-hybridized carbons (Fsp3) is 0.621. The first kappa shape index (κ1) is 26.8. The number of rotatable bonds is 4. The Bertz CT molecular complexity index is 1160. The van der Waals surface area contributed by atoms with E-state index >= 15 is 0 Å². The van der Waals surface area contributed by atoms with E-state index in [4.69, 9.17) is 18.9 Å². The van der Waals surface area contributed by atoms with Crippen LogP contribution < -0.4 is 0 Å². The second kappa shape index (κ2) is 10.1. The highest BCUT2D eigenvalue weighted by Gasteiger charge is 2.69. The van der Waals surface area contributed by atoms with Crippen LogP contribution >= 0.6 is 0 Å². The van der Waals surface area contributed by atoms with Crippen LogP contribution in [0.25, 0.3) is 0 Å². The summed E-state index contributed by atoms with van der Waals surface area (Å²) in [4.78, 5) is 33.3. The van der Waals surface area contributed by atoms with E-state index < -0.39 is 48.1 Å². The van der Waals surface area contributed by atoms with Crippen molar-refractivity contribution in [3.8, 4) is 0 Å². The number of nitrogens with zero attached hydrogens (tertiary/aromatic N) is 1. The predicted molar refractivity (Wildman–Crippen MR) is 140 cm³/mol. The summed E-state index contributed by atoms with van der Waals surface area (Å²) in [5.41, 5.74) is 1.12. The average molecular weight is 527 g/mol. The Hall–Kier alpha value is -2.75. The van der Waals surface area contributed by atoms with Crippen molar-refractivity contribution in [3.05, 3.63) is 47.8 Å². The second-order valence-electron chi connectivity index (χ2n) is 11.2. The van der Waals surface area contributed by atoms with Crippen LogP contribution in [0.5, 0.6) is 0 Å². The third-order valence-electron chi connectivity index (χ3n) is 9.18. The summed E-state index contributed by atoms with van der Waals surface area (Å²) in [5.74, 6) is -2.15. The Balaban J connectivity index is 1.58. The Morgan fingerprint density at radius 2 is 2.05 bits per heavy atom. The molecule has 1 unspecified atom stereocenters. The average Bonchev–Trinajstić information content (AvgIpc) is 3.50. The maximum atomic E-state index is 13.2. The molecular formula is C29H38N2O7. The maximum Gasteiger partial charge on any atom is 0.355 e. The van der Waals surface area contributed by atoms with Gasteiger partial charge >= 0.3 is 11.9 Å². The van der Waals surface area contributed by atoms with Crippen molar-refractivity contribution in [2.75, 3.05) is 14.2 Å². The summed E-state index contributed by atoms with van der Waals surface area (Å²) in [7, 11) is 3.18. The van der Waals surface area contributed by atoms with Crippen molar-refractivity contribution >= 4 is 17.7 Å². The predicted octanol–water partition coefficient (Wildman–Crippen LogP) is 3.11. The zero-order valence-corrected chi connectivity index (χ0v) is 22.8. The van der Waals surface area contributed by atoms with Crippen molar-refractivity contribution in [2.45, 2.75) is 70.2 Å². The molecule has 9 heteroatoms. The fourth-order valence-electron chi connectivity index (χ4n) is 7.18. The molecule has 4 aliphatic rings. The van der Waals surface area contributed by atoms with Gasteiger partial charge in [-0.25, -0.2) is 9.59 Å². The van der Waals surface area contributed by atoms with Gasteiger partial charge in [0.2, 0.25) is 0 Å². The minimum absolute atomic E-state index is 0.150. The number of aliphatic imine (C=N–C) groups is 1. The number of aromatic nitrogens is 1. The van der Waals surface area contributed by atoms with E-state index in [2.05, 4.69) is 28.2 Å².